The molecule has 0 radical (unpaired) electrons. The summed E-state index contributed by atoms with van der Waals surface area (Å²) in [6.45, 7) is 14.0. The number of anilines is 1. The Balaban J connectivity index is 0.00000139. The molecule has 1 aliphatic heterocycles. The van der Waals surface area contributed by atoms with Gasteiger partial charge < -0.3 is 19.8 Å². The van der Waals surface area contributed by atoms with Gasteiger partial charge in [0.05, 0.1) is 11.2 Å². The molecule has 4 nitrogen and oxygen atoms in total. The van der Waals surface area contributed by atoms with E-state index < -0.39 is 18.3 Å². The van der Waals surface area contributed by atoms with E-state index in [4.69, 9.17) is 26.3 Å². The topological polar surface area (TPSA) is 54.3 Å². The van der Waals surface area contributed by atoms with Gasteiger partial charge in [0.15, 0.2) is 0 Å². The quantitative estimate of drug-likeness (QED) is 0.264. The van der Waals surface area contributed by atoms with Crippen LogP contribution in [-0.4, -0.2) is 24.5 Å². The summed E-state index contributed by atoms with van der Waals surface area (Å²) in [5, 5.41) is 11.7. The third-order valence-corrected chi connectivity index (χ3v) is 6.01. The van der Waals surface area contributed by atoms with Crippen molar-refractivity contribution in [3.8, 4) is 0 Å². The maximum absolute atomic E-state index is 7.80. The first kappa shape index (κ1) is 22.2. The maximum Gasteiger partial charge on any atom is 0.497 e. The monoisotopic (exact) mass is 482 g/mol. The van der Waals surface area contributed by atoms with E-state index in [2.05, 4.69) is 27.1 Å². The summed E-state index contributed by atoms with van der Waals surface area (Å²) < 4.78 is 12.2. The van der Waals surface area contributed by atoms with Gasteiger partial charge in [0.25, 0.3) is 0 Å². The average molecular weight is 483 g/mol. The van der Waals surface area contributed by atoms with Crippen LogP contribution in [-0.2, 0) is 9.31 Å². The van der Waals surface area contributed by atoms with Gasteiger partial charge in [0.1, 0.15) is 0 Å². The molecule has 0 spiro atoms. The Morgan fingerprint density at radius 1 is 1.25 bits per heavy atom. The Morgan fingerprint density at radius 2 is 1.75 bits per heavy atom. The van der Waals surface area contributed by atoms with Crippen LogP contribution >= 0.6 is 40.0 Å². The van der Waals surface area contributed by atoms with Crippen LogP contribution in [0.3, 0.4) is 0 Å². The van der Waals surface area contributed by atoms with Crippen molar-refractivity contribution in [2.75, 3.05) is 5.09 Å². The van der Waals surface area contributed by atoms with E-state index >= 15 is 0 Å². The van der Waals surface area contributed by atoms with Crippen LogP contribution in [0.2, 0.25) is 5.02 Å². The fourth-order valence-corrected chi connectivity index (χ4v) is 3.76. The zero-order valence-corrected chi connectivity index (χ0v) is 19.2. The van der Waals surface area contributed by atoms with Crippen molar-refractivity contribution in [3.63, 3.8) is 0 Å². The summed E-state index contributed by atoms with van der Waals surface area (Å²) >= 11 is 8.79. The fourth-order valence-electron chi connectivity index (χ4n) is 2.33. The average Bonchev–Trinajstić information content (AvgIpc) is 2.72. The second-order valence-electron chi connectivity index (χ2n) is 6.33. The number of halogens is 2. The molecule has 134 valence electrons. The minimum Gasteiger partial charge on any atom is -0.399 e. The molecule has 1 saturated heterocycles. The summed E-state index contributed by atoms with van der Waals surface area (Å²) in [4.78, 5) is 0. The summed E-state index contributed by atoms with van der Waals surface area (Å²) in [6, 6.07) is 1.96. The molecular weight excluding hydrogens is 456 g/mol. The molecule has 8 heteroatoms. The molecule has 1 aliphatic rings. The molecule has 1 atom stereocenters. The van der Waals surface area contributed by atoms with Crippen LogP contribution in [0.1, 0.15) is 52.7 Å². The van der Waals surface area contributed by atoms with Crippen LogP contribution < -0.4 is 10.6 Å². The molecule has 0 saturated carbocycles. The molecule has 1 aromatic rings. The van der Waals surface area contributed by atoms with E-state index in [0.717, 1.165) is 22.3 Å². The number of aryl methyl sites for hydroxylation is 1. The third-order valence-electron chi connectivity index (χ3n) is 4.34. The lowest BCUT2D eigenvalue weighted by atomic mass is 9.74. The molecule has 0 amide bonds. The van der Waals surface area contributed by atoms with Crippen molar-refractivity contribution in [1.82, 2.24) is 0 Å². The molecule has 0 aromatic heterocycles. The Bertz CT molecular complexity index is 598. The van der Waals surface area contributed by atoms with Gasteiger partial charge in [0.2, 0.25) is 0 Å². The first-order valence-electron chi connectivity index (χ1n) is 7.95. The molecule has 1 aromatic carbocycles. The van der Waals surface area contributed by atoms with Crippen LogP contribution in [0.15, 0.2) is 6.07 Å². The summed E-state index contributed by atoms with van der Waals surface area (Å²) in [6.07, 6.45) is 1.81. The standard InChI is InChI=1S/C14H20BClIN2O2P.C2H6/c1-8-6-10(19-22-17)9(7-18)11(12(8)16)15-20-13(2,3)14(4,5)21-15;1-2/h6-7,18-19,22H,1-5H3;1-2H3. The minimum atomic E-state index is -0.577. The number of hydrogen-bond donors (Lipinski definition) is 2. The molecule has 2 rings (SSSR count). The Morgan fingerprint density at radius 3 is 2.17 bits per heavy atom. The molecule has 24 heavy (non-hydrogen) atoms. The predicted octanol–water partition coefficient (Wildman–Crippen LogP) is 5.33. The number of benzene rings is 1. The van der Waals surface area contributed by atoms with Gasteiger partial charge >= 0.3 is 7.12 Å². The van der Waals surface area contributed by atoms with Gasteiger partial charge in [-0.2, -0.15) is 0 Å². The molecule has 1 fully saturated rings. The minimum absolute atomic E-state index is 0.442. The number of rotatable bonds is 4. The highest BCUT2D eigenvalue weighted by molar-refractivity contribution is 14.2. The number of hydrogen-bond acceptors (Lipinski definition) is 4. The van der Waals surface area contributed by atoms with Crippen LogP contribution in [0.25, 0.3) is 0 Å². The second-order valence-corrected chi connectivity index (χ2v) is 8.77. The Kier molecular flexibility index (Phi) is 8.01. The zero-order chi connectivity index (χ0) is 18.7. The lowest BCUT2D eigenvalue weighted by Crippen LogP contribution is -2.41. The zero-order valence-electron chi connectivity index (χ0n) is 15.3. The molecule has 1 unspecified atom stereocenters. The van der Waals surface area contributed by atoms with Gasteiger partial charge in [0, 0.05) is 34.3 Å². The van der Waals surface area contributed by atoms with Crippen molar-refractivity contribution in [1.29, 1.82) is 5.41 Å². The van der Waals surface area contributed by atoms with Crippen molar-refractivity contribution < 1.29 is 9.31 Å². The van der Waals surface area contributed by atoms with Gasteiger partial charge in [-0.25, -0.2) is 0 Å². The van der Waals surface area contributed by atoms with E-state index in [1.54, 1.807) is 0 Å². The summed E-state index contributed by atoms with van der Waals surface area (Å²) in [5.74, 6) is 0. The van der Waals surface area contributed by atoms with Gasteiger partial charge in [-0.05, 0) is 68.3 Å². The first-order valence-corrected chi connectivity index (χ1v) is 12.4. The largest absolute Gasteiger partial charge is 0.497 e. The van der Waals surface area contributed by atoms with E-state index in [-0.39, 0.29) is 0 Å². The fraction of sp³-hybridized carbons (Fsp3) is 0.562. The summed E-state index contributed by atoms with van der Waals surface area (Å²) in [7, 11) is -0.577. The smallest absolute Gasteiger partial charge is 0.399 e. The van der Waals surface area contributed by atoms with E-state index in [1.165, 1.54) is 6.21 Å². The van der Waals surface area contributed by atoms with Gasteiger partial charge in [-0.15, -0.1) is 0 Å². The normalized spacial score (nSPS) is 18.5. The molecule has 2 N–H and O–H groups in total. The predicted molar refractivity (Wildman–Crippen MR) is 117 cm³/mol. The first-order chi connectivity index (χ1) is 11.1. The van der Waals surface area contributed by atoms with Crippen LogP contribution in [0.5, 0.6) is 0 Å². The number of nitrogens with one attached hydrogen (secondary N) is 2. The van der Waals surface area contributed by atoms with E-state index in [1.807, 2.05) is 54.5 Å². The highest BCUT2D eigenvalue weighted by atomic mass is 127. The molecular formula is C16H26BClIN2O2P. The highest BCUT2D eigenvalue weighted by Crippen LogP contribution is 2.38. The van der Waals surface area contributed by atoms with E-state index in [0.29, 0.717) is 11.4 Å². The second kappa shape index (κ2) is 8.67. The lowest BCUT2D eigenvalue weighted by Gasteiger charge is -2.32. The van der Waals surface area contributed by atoms with Crippen LogP contribution in [0.4, 0.5) is 5.69 Å². The van der Waals surface area contributed by atoms with Crippen molar-refractivity contribution in [2.45, 2.75) is 59.7 Å². The molecule has 0 bridgehead atoms. The van der Waals surface area contributed by atoms with E-state index in [9.17, 15) is 0 Å². The van der Waals surface area contributed by atoms with Crippen molar-refractivity contribution in [2.24, 2.45) is 0 Å². The maximum atomic E-state index is 7.80. The summed E-state index contributed by atoms with van der Waals surface area (Å²) in [5.41, 5.74) is 2.39. The molecule has 1 heterocycles. The van der Waals surface area contributed by atoms with Crippen LogP contribution in [0, 0.1) is 12.3 Å². The SMILES string of the molecule is CC.Cc1cc(NPI)c(C=N)c(B2OC(C)(C)C(C)(C)O2)c1Cl. The highest BCUT2D eigenvalue weighted by Gasteiger charge is 2.53. The third kappa shape index (κ3) is 4.26. The van der Waals surface area contributed by atoms with Gasteiger partial charge in [-0.1, -0.05) is 25.4 Å². The molecule has 0 aliphatic carbocycles. The lowest BCUT2D eigenvalue weighted by molar-refractivity contribution is 0.00578. The Hall–Kier alpha value is 0.125. The van der Waals surface area contributed by atoms with Gasteiger partial charge in [-0.3, -0.25) is 0 Å². The van der Waals surface area contributed by atoms with Crippen molar-refractivity contribution in [3.05, 3.63) is 22.2 Å². The van der Waals surface area contributed by atoms with Crippen molar-refractivity contribution >= 4 is 64.5 Å². The Labute approximate surface area is 165 Å².